The van der Waals surface area contributed by atoms with Crippen LogP contribution in [-0.4, -0.2) is 11.7 Å². The Morgan fingerprint density at radius 1 is 1.25 bits per heavy atom. The van der Waals surface area contributed by atoms with Gasteiger partial charge in [0, 0.05) is 10.7 Å². The highest BCUT2D eigenvalue weighted by molar-refractivity contribution is 6.30. The fraction of sp³-hybridized carbons (Fsp3) is 0.250. The van der Waals surface area contributed by atoms with Crippen molar-refractivity contribution in [1.82, 2.24) is 0 Å². The van der Waals surface area contributed by atoms with Gasteiger partial charge in [-0.05, 0) is 55.3 Å². The van der Waals surface area contributed by atoms with Crippen molar-refractivity contribution in [1.29, 1.82) is 0 Å². The Kier molecular flexibility index (Phi) is 4.31. The molecule has 0 aliphatic rings. The number of aliphatic hydroxyl groups excluding tert-OH is 1. The number of rotatable bonds is 4. The first kappa shape index (κ1) is 14.8. The molecule has 0 aliphatic heterocycles. The Morgan fingerprint density at radius 2 is 2.00 bits per heavy atom. The van der Waals surface area contributed by atoms with Crippen molar-refractivity contribution in [3.8, 4) is 0 Å². The molecule has 0 aliphatic carbocycles. The summed E-state index contributed by atoms with van der Waals surface area (Å²) in [7, 11) is 0. The van der Waals surface area contributed by atoms with Crippen LogP contribution in [0.5, 0.6) is 0 Å². The Bertz CT molecular complexity index is 597. The smallest absolute Gasteiger partial charge is 0.125 e. The second-order valence-corrected chi connectivity index (χ2v) is 5.58. The standard InChI is InChI=1S/C16H17ClFNO/c1-11-6-14(18)9-15(7-11)19-16(2,10-20)12-4-3-5-13(17)8-12/h3-9,19-20H,10H2,1-2H3. The van der Waals surface area contributed by atoms with Crippen LogP contribution in [0.1, 0.15) is 18.1 Å². The third kappa shape index (κ3) is 3.30. The minimum absolute atomic E-state index is 0.136. The summed E-state index contributed by atoms with van der Waals surface area (Å²) in [5.41, 5.74) is 1.55. The first-order valence-electron chi connectivity index (χ1n) is 6.35. The summed E-state index contributed by atoms with van der Waals surface area (Å²) in [6.45, 7) is 3.53. The molecule has 2 N–H and O–H groups in total. The molecule has 106 valence electrons. The van der Waals surface area contributed by atoms with Gasteiger partial charge in [-0.1, -0.05) is 23.7 Å². The highest BCUT2D eigenvalue weighted by Crippen LogP contribution is 2.28. The minimum Gasteiger partial charge on any atom is -0.394 e. The fourth-order valence-electron chi connectivity index (χ4n) is 2.16. The van der Waals surface area contributed by atoms with Crippen LogP contribution in [0.15, 0.2) is 42.5 Å². The maximum absolute atomic E-state index is 13.5. The van der Waals surface area contributed by atoms with Crippen LogP contribution < -0.4 is 5.32 Å². The van der Waals surface area contributed by atoms with Crippen LogP contribution >= 0.6 is 11.6 Å². The number of benzene rings is 2. The van der Waals surface area contributed by atoms with E-state index in [0.717, 1.165) is 11.1 Å². The summed E-state index contributed by atoms with van der Waals surface area (Å²) in [6, 6.07) is 12.0. The molecule has 1 unspecified atom stereocenters. The van der Waals surface area contributed by atoms with Crippen LogP contribution in [0.3, 0.4) is 0 Å². The highest BCUT2D eigenvalue weighted by atomic mass is 35.5. The largest absolute Gasteiger partial charge is 0.394 e. The lowest BCUT2D eigenvalue weighted by molar-refractivity contribution is 0.224. The molecule has 20 heavy (non-hydrogen) atoms. The molecule has 2 aromatic carbocycles. The molecule has 0 saturated carbocycles. The van der Waals surface area contributed by atoms with Crippen LogP contribution in [0.2, 0.25) is 5.02 Å². The predicted molar refractivity (Wildman–Crippen MR) is 80.6 cm³/mol. The molecule has 2 nitrogen and oxygen atoms in total. The molecular formula is C16H17ClFNO. The summed E-state index contributed by atoms with van der Waals surface area (Å²) in [6.07, 6.45) is 0. The molecule has 2 aromatic rings. The minimum atomic E-state index is -0.731. The summed E-state index contributed by atoms with van der Waals surface area (Å²) in [5, 5.41) is 13.5. The Balaban J connectivity index is 2.36. The molecule has 0 saturated heterocycles. The van der Waals surface area contributed by atoms with E-state index in [1.807, 2.05) is 32.0 Å². The normalized spacial score (nSPS) is 13.8. The van der Waals surface area contributed by atoms with E-state index in [1.54, 1.807) is 12.1 Å². The molecule has 0 amide bonds. The lowest BCUT2D eigenvalue weighted by Gasteiger charge is -2.31. The zero-order valence-electron chi connectivity index (χ0n) is 11.5. The van der Waals surface area contributed by atoms with Gasteiger partial charge in [0.1, 0.15) is 5.82 Å². The second-order valence-electron chi connectivity index (χ2n) is 5.14. The monoisotopic (exact) mass is 293 g/mol. The number of anilines is 1. The number of halogens is 2. The number of hydrogen-bond donors (Lipinski definition) is 2. The molecule has 4 heteroatoms. The fourth-order valence-corrected chi connectivity index (χ4v) is 2.35. The van der Waals surface area contributed by atoms with E-state index in [1.165, 1.54) is 12.1 Å². The van der Waals surface area contributed by atoms with Crippen LogP contribution in [0.4, 0.5) is 10.1 Å². The predicted octanol–water partition coefficient (Wildman–Crippen LogP) is 4.11. The number of nitrogens with one attached hydrogen (secondary N) is 1. The van der Waals surface area contributed by atoms with Gasteiger partial charge in [-0.15, -0.1) is 0 Å². The van der Waals surface area contributed by atoms with E-state index in [4.69, 9.17) is 11.6 Å². The van der Waals surface area contributed by atoms with Crippen molar-refractivity contribution in [3.63, 3.8) is 0 Å². The van der Waals surface area contributed by atoms with Crippen molar-refractivity contribution in [2.24, 2.45) is 0 Å². The Labute approximate surface area is 123 Å². The average molecular weight is 294 g/mol. The SMILES string of the molecule is Cc1cc(F)cc(NC(C)(CO)c2cccc(Cl)c2)c1. The van der Waals surface area contributed by atoms with Crippen molar-refractivity contribution >= 4 is 17.3 Å². The second kappa shape index (κ2) is 5.81. The van der Waals surface area contributed by atoms with Crippen molar-refractivity contribution in [2.75, 3.05) is 11.9 Å². The van der Waals surface area contributed by atoms with Crippen molar-refractivity contribution < 1.29 is 9.50 Å². The molecule has 0 bridgehead atoms. The van der Waals surface area contributed by atoms with Crippen LogP contribution in [-0.2, 0) is 5.54 Å². The summed E-state index contributed by atoms with van der Waals surface area (Å²) in [4.78, 5) is 0. The number of hydrogen-bond acceptors (Lipinski definition) is 2. The molecular weight excluding hydrogens is 277 g/mol. The Morgan fingerprint density at radius 3 is 2.60 bits per heavy atom. The van der Waals surface area contributed by atoms with Gasteiger partial charge < -0.3 is 10.4 Å². The van der Waals surface area contributed by atoms with Crippen LogP contribution in [0, 0.1) is 12.7 Å². The summed E-state index contributed by atoms with van der Waals surface area (Å²) >= 11 is 5.99. The molecule has 0 radical (unpaired) electrons. The van der Waals surface area contributed by atoms with Gasteiger partial charge >= 0.3 is 0 Å². The van der Waals surface area contributed by atoms with Gasteiger partial charge in [-0.25, -0.2) is 4.39 Å². The highest BCUT2D eigenvalue weighted by Gasteiger charge is 2.26. The van der Waals surface area contributed by atoms with E-state index >= 15 is 0 Å². The van der Waals surface area contributed by atoms with Crippen LogP contribution in [0.25, 0.3) is 0 Å². The van der Waals surface area contributed by atoms with E-state index in [0.29, 0.717) is 10.7 Å². The quantitative estimate of drug-likeness (QED) is 0.889. The summed E-state index contributed by atoms with van der Waals surface area (Å²) < 4.78 is 13.5. The van der Waals surface area contributed by atoms with E-state index in [9.17, 15) is 9.50 Å². The average Bonchev–Trinajstić information content (AvgIpc) is 2.37. The molecule has 0 spiro atoms. The maximum Gasteiger partial charge on any atom is 0.125 e. The van der Waals surface area contributed by atoms with Gasteiger partial charge in [0.25, 0.3) is 0 Å². The molecule has 0 aromatic heterocycles. The van der Waals surface area contributed by atoms with Crippen molar-refractivity contribution in [2.45, 2.75) is 19.4 Å². The first-order chi connectivity index (χ1) is 9.43. The lowest BCUT2D eigenvalue weighted by Crippen LogP contribution is -2.35. The van der Waals surface area contributed by atoms with Gasteiger partial charge in [-0.3, -0.25) is 0 Å². The number of aliphatic hydroxyl groups is 1. The van der Waals surface area contributed by atoms with E-state index in [2.05, 4.69) is 5.32 Å². The van der Waals surface area contributed by atoms with Gasteiger partial charge in [-0.2, -0.15) is 0 Å². The topological polar surface area (TPSA) is 32.3 Å². The molecule has 0 heterocycles. The van der Waals surface area contributed by atoms with Crippen molar-refractivity contribution in [3.05, 3.63) is 64.4 Å². The van der Waals surface area contributed by atoms with Gasteiger partial charge in [0.15, 0.2) is 0 Å². The third-order valence-corrected chi connectivity index (χ3v) is 3.48. The zero-order valence-corrected chi connectivity index (χ0v) is 12.2. The van der Waals surface area contributed by atoms with E-state index < -0.39 is 5.54 Å². The lowest BCUT2D eigenvalue weighted by atomic mass is 9.92. The zero-order chi connectivity index (χ0) is 14.8. The first-order valence-corrected chi connectivity index (χ1v) is 6.73. The third-order valence-electron chi connectivity index (χ3n) is 3.24. The molecule has 2 rings (SSSR count). The Hall–Kier alpha value is -1.58. The molecule has 1 atom stereocenters. The maximum atomic E-state index is 13.5. The summed E-state index contributed by atoms with van der Waals surface area (Å²) in [5.74, 6) is -0.307. The van der Waals surface area contributed by atoms with Gasteiger partial charge in [0.2, 0.25) is 0 Å². The van der Waals surface area contributed by atoms with E-state index in [-0.39, 0.29) is 12.4 Å². The number of aryl methyl sites for hydroxylation is 1. The molecule has 0 fully saturated rings. The van der Waals surface area contributed by atoms with Gasteiger partial charge in [0.05, 0.1) is 12.1 Å².